The van der Waals surface area contributed by atoms with Crippen molar-refractivity contribution >= 4 is 16.3 Å². The third-order valence-corrected chi connectivity index (χ3v) is 2.99. The Morgan fingerprint density at radius 3 is 2.22 bits per heavy atom. The lowest BCUT2D eigenvalue weighted by Crippen LogP contribution is -1.90. The molecule has 0 heterocycles. The van der Waals surface area contributed by atoms with Crippen LogP contribution in [0, 0.1) is 0 Å². The molecule has 54 valence electrons. The lowest BCUT2D eigenvalue weighted by Gasteiger charge is -2.07. The van der Waals surface area contributed by atoms with Gasteiger partial charge in [0.25, 0.3) is 0 Å². The molecule has 0 aliphatic rings. The van der Waals surface area contributed by atoms with Crippen LogP contribution in [0.25, 0.3) is 0 Å². The summed E-state index contributed by atoms with van der Waals surface area (Å²) in [4.78, 5) is 0. The topological polar surface area (TPSA) is 0 Å². The molecule has 0 saturated heterocycles. The fraction of sp³-hybridized carbons (Fsp3) is 1.00. The maximum absolute atomic E-state index is 2.29. The minimum atomic E-state index is 1.11. The molecule has 0 radical (unpaired) electrons. The Morgan fingerprint density at radius 2 is 1.78 bits per heavy atom. The first-order valence-corrected chi connectivity index (χ1v) is 5.46. The van der Waals surface area contributed by atoms with E-state index in [1.54, 1.807) is 0 Å². The summed E-state index contributed by atoms with van der Waals surface area (Å²) in [5, 5.41) is 0. The average molecular weight is 142 g/mol. The molecule has 0 aliphatic heterocycles. The van der Waals surface area contributed by atoms with Crippen LogP contribution in [-0.2, 0) is 0 Å². The molecule has 0 saturated carbocycles. The number of hydrogen-bond donors (Lipinski definition) is 0. The van der Waals surface area contributed by atoms with Crippen LogP contribution < -0.4 is 0 Å². The van der Waals surface area contributed by atoms with E-state index in [-0.39, 0.29) is 0 Å². The quantitative estimate of drug-likeness (QED) is 0.517. The van der Waals surface area contributed by atoms with E-state index >= 15 is 0 Å². The van der Waals surface area contributed by atoms with Gasteiger partial charge in [-0.2, -0.15) is 0 Å². The van der Waals surface area contributed by atoms with Gasteiger partial charge in [-0.25, -0.2) is 0 Å². The second kappa shape index (κ2) is 6.65. The number of unbranched alkanes of at least 4 members (excludes halogenated alkanes) is 1. The van der Waals surface area contributed by atoms with Gasteiger partial charge in [0.05, 0.1) is 0 Å². The fourth-order valence-corrected chi connectivity index (χ4v) is 2.18. The van der Waals surface area contributed by atoms with E-state index in [9.17, 15) is 0 Å². The van der Waals surface area contributed by atoms with Gasteiger partial charge in [-0.3, -0.25) is 0 Å². The van der Waals surface area contributed by atoms with Crippen molar-refractivity contribution in [2.75, 3.05) is 0 Å². The molecule has 0 aromatic heterocycles. The molecule has 0 amide bonds. The zero-order valence-electron chi connectivity index (χ0n) is 7.11. The SMILES string of the molecule is CCCC[CH]([AlH2])CCC. The van der Waals surface area contributed by atoms with Crippen LogP contribution >= 0.6 is 0 Å². The molecule has 0 aliphatic carbocycles. The molecule has 0 N–H and O–H groups in total. The molecule has 1 unspecified atom stereocenters. The second-order valence-corrected chi connectivity index (χ2v) is 4.67. The summed E-state index contributed by atoms with van der Waals surface area (Å²) >= 11 is 1.41. The predicted molar refractivity (Wildman–Crippen MR) is 46.7 cm³/mol. The number of rotatable bonds is 5. The van der Waals surface area contributed by atoms with Crippen molar-refractivity contribution in [2.45, 2.75) is 50.7 Å². The summed E-state index contributed by atoms with van der Waals surface area (Å²) in [6, 6.07) is 0. The third kappa shape index (κ3) is 6.42. The maximum Gasteiger partial charge on any atom is 0.216 e. The van der Waals surface area contributed by atoms with Crippen LogP contribution in [0.4, 0.5) is 0 Å². The Kier molecular flexibility index (Phi) is 7.04. The summed E-state index contributed by atoms with van der Waals surface area (Å²) in [7, 11) is 0. The minimum Gasteiger partial charge on any atom is -0.0902 e. The Morgan fingerprint density at radius 1 is 1.11 bits per heavy atom. The standard InChI is InChI=1S/C8H17.Al.2H/c1-3-5-7-8-6-4-2;;;/h7H,3-6,8H2,1-2H3;;;. The van der Waals surface area contributed by atoms with Crippen molar-refractivity contribution in [3.05, 3.63) is 0 Å². The van der Waals surface area contributed by atoms with Gasteiger partial charge in [0.1, 0.15) is 0 Å². The molecule has 1 atom stereocenters. The zero-order valence-corrected chi connectivity index (χ0v) is 9.11. The molecule has 0 aromatic carbocycles. The molecular formula is C8H19Al. The summed E-state index contributed by atoms with van der Waals surface area (Å²) in [5.41, 5.74) is 0. The van der Waals surface area contributed by atoms with Crippen LogP contribution in [0.2, 0.25) is 4.78 Å². The molecule has 0 aromatic rings. The molecule has 0 rings (SSSR count). The summed E-state index contributed by atoms with van der Waals surface area (Å²) in [6.45, 7) is 4.57. The van der Waals surface area contributed by atoms with E-state index in [0.717, 1.165) is 4.78 Å². The minimum absolute atomic E-state index is 1.11. The molecule has 9 heavy (non-hydrogen) atoms. The Balaban J connectivity index is 2.95. The third-order valence-electron chi connectivity index (χ3n) is 1.83. The van der Waals surface area contributed by atoms with E-state index in [1.807, 2.05) is 0 Å². The first-order valence-electron chi connectivity index (χ1n) is 4.31. The Bertz CT molecular complexity index is 52.5. The van der Waals surface area contributed by atoms with Crippen molar-refractivity contribution in [3.8, 4) is 0 Å². The lowest BCUT2D eigenvalue weighted by atomic mass is 10.1. The van der Waals surface area contributed by atoms with Gasteiger partial charge < -0.3 is 0 Å². The van der Waals surface area contributed by atoms with E-state index < -0.39 is 0 Å². The highest BCUT2D eigenvalue weighted by molar-refractivity contribution is 6.11. The van der Waals surface area contributed by atoms with E-state index in [1.165, 1.54) is 48.4 Å². The second-order valence-electron chi connectivity index (χ2n) is 3.04. The van der Waals surface area contributed by atoms with Crippen molar-refractivity contribution in [2.24, 2.45) is 0 Å². The monoisotopic (exact) mass is 142 g/mol. The highest BCUT2D eigenvalue weighted by atomic mass is 27.0. The predicted octanol–water partition coefficient (Wildman–Crippen LogP) is 2.40. The van der Waals surface area contributed by atoms with Crippen LogP contribution in [0.3, 0.4) is 0 Å². The largest absolute Gasteiger partial charge is 0.216 e. The van der Waals surface area contributed by atoms with Crippen molar-refractivity contribution in [1.82, 2.24) is 0 Å². The Labute approximate surface area is 67.5 Å². The fourth-order valence-electron chi connectivity index (χ4n) is 1.19. The van der Waals surface area contributed by atoms with E-state index in [2.05, 4.69) is 13.8 Å². The first-order chi connectivity index (χ1) is 4.31. The maximum atomic E-state index is 2.29. The van der Waals surface area contributed by atoms with Gasteiger partial charge in [-0.05, 0) is 0 Å². The Hall–Kier alpha value is 0.532. The van der Waals surface area contributed by atoms with Gasteiger partial charge in [0.15, 0.2) is 0 Å². The van der Waals surface area contributed by atoms with Crippen molar-refractivity contribution in [1.29, 1.82) is 0 Å². The van der Waals surface area contributed by atoms with E-state index in [4.69, 9.17) is 0 Å². The van der Waals surface area contributed by atoms with Gasteiger partial charge in [0.2, 0.25) is 16.3 Å². The molecule has 0 nitrogen and oxygen atoms in total. The normalized spacial score (nSPS) is 13.6. The molecule has 0 fully saturated rings. The van der Waals surface area contributed by atoms with Gasteiger partial charge in [0, 0.05) is 0 Å². The van der Waals surface area contributed by atoms with Gasteiger partial charge >= 0.3 is 0 Å². The highest BCUT2D eigenvalue weighted by Crippen LogP contribution is 2.15. The van der Waals surface area contributed by atoms with Crippen LogP contribution in [0.1, 0.15) is 46.0 Å². The van der Waals surface area contributed by atoms with E-state index in [0.29, 0.717) is 0 Å². The highest BCUT2D eigenvalue weighted by Gasteiger charge is 1.97. The van der Waals surface area contributed by atoms with Crippen LogP contribution in [0.15, 0.2) is 0 Å². The van der Waals surface area contributed by atoms with Crippen LogP contribution in [-0.4, -0.2) is 16.3 Å². The molecule has 1 heteroatoms. The molecule has 0 spiro atoms. The van der Waals surface area contributed by atoms with Crippen LogP contribution in [0.5, 0.6) is 0 Å². The smallest absolute Gasteiger partial charge is 0.0902 e. The average Bonchev–Trinajstić information content (AvgIpc) is 1.85. The van der Waals surface area contributed by atoms with Gasteiger partial charge in [-0.1, -0.05) is 50.7 Å². The van der Waals surface area contributed by atoms with Gasteiger partial charge in [-0.15, -0.1) is 0 Å². The lowest BCUT2D eigenvalue weighted by molar-refractivity contribution is 0.624. The zero-order chi connectivity index (χ0) is 7.11. The molecule has 0 bridgehead atoms. The summed E-state index contributed by atoms with van der Waals surface area (Å²) in [6.07, 6.45) is 7.19. The molecular weight excluding hydrogens is 123 g/mol. The first kappa shape index (κ1) is 9.53. The summed E-state index contributed by atoms with van der Waals surface area (Å²) < 4.78 is 1.11. The van der Waals surface area contributed by atoms with Crippen molar-refractivity contribution in [3.63, 3.8) is 0 Å². The number of hydrogen-bond acceptors (Lipinski definition) is 0. The summed E-state index contributed by atoms with van der Waals surface area (Å²) in [5.74, 6) is 0. The van der Waals surface area contributed by atoms with Crippen molar-refractivity contribution < 1.29 is 0 Å².